The van der Waals surface area contributed by atoms with Gasteiger partial charge in [0.25, 0.3) is 0 Å². The van der Waals surface area contributed by atoms with Crippen LogP contribution in [0.2, 0.25) is 0 Å². The minimum absolute atomic E-state index is 0.166. The number of nitrogens with zero attached hydrogens (tertiary/aromatic N) is 3. The molecule has 2 heterocycles. The van der Waals surface area contributed by atoms with Gasteiger partial charge in [0.15, 0.2) is 11.0 Å². The Bertz CT molecular complexity index is 667. The van der Waals surface area contributed by atoms with Crippen molar-refractivity contribution < 1.29 is 4.74 Å². The minimum Gasteiger partial charge on any atom is -0.377 e. The zero-order chi connectivity index (χ0) is 17.2. The average Bonchev–Trinajstić information content (AvgIpc) is 2.94. The molecule has 2 aromatic rings. The summed E-state index contributed by atoms with van der Waals surface area (Å²) in [6, 6.07) is 8.66. The van der Waals surface area contributed by atoms with Crippen molar-refractivity contribution in [2.45, 2.75) is 56.7 Å². The monoisotopic (exact) mass is 345 g/mol. The third-order valence-corrected chi connectivity index (χ3v) is 5.67. The molecule has 0 aliphatic carbocycles. The molecule has 24 heavy (non-hydrogen) atoms. The molecule has 1 aromatic heterocycles. The van der Waals surface area contributed by atoms with E-state index >= 15 is 0 Å². The van der Waals surface area contributed by atoms with E-state index in [4.69, 9.17) is 4.74 Å². The number of rotatable bonds is 4. The number of hydrogen-bond acceptors (Lipinski definition) is 4. The lowest BCUT2D eigenvalue weighted by molar-refractivity contribution is 0.0315. The van der Waals surface area contributed by atoms with Crippen molar-refractivity contribution in [2.75, 3.05) is 12.4 Å². The molecule has 1 saturated heterocycles. The molecule has 1 aliphatic rings. The normalized spacial score (nSPS) is 18.8. The second-order valence-corrected chi connectivity index (χ2v) is 8.48. The smallest absolute Gasteiger partial charge is 0.191 e. The van der Waals surface area contributed by atoms with Crippen LogP contribution in [0.3, 0.4) is 0 Å². The van der Waals surface area contributed by atoms with Gasteiger partial charge in [0.05, 0.1) is 6.10 Å². The molecule has 3 rings (SSSR count). The summed E-state index contributed by atoms with van der Waals surface area (Å²) in [5.74, 6) is 1.87. The van der Waals surface area contributed by atoms with Crippen LogP contribution >= 0.6 is 11.8 Å². The van der Waals surface area contributed by atoms with Gasteiger partial charge in [-0.1, -0.05) is 56.8 Å². The molecule has 0 spiro atoms. The Balaban J connectivity index is 1.70. The van der Waals surface area contributed by atoms with E-state index in [0.29, 0.717) is 6.10 Å². The van der Waals surface area contributed by atoms with Crippen LogP contribution in [0.4, 0.5) is 0 Å². The Morgan fingerprint density at radius 2 is 1.92 bits per heavy atom. The molecule has 4 nitrogen and oxygen atoms in total. The van der Waals surface area contributed by atoms with E-state index in [1.807, 2.05) is 7.05 Å². The molecule has 0 amide bonds. The van der Waals surface area contributed by atoms with Crippen molar-refractivity contribution in [3.05, 3.63) is 29.8 Å². The molecule has 1 aliphatic heterocycles. The van der Waals surface area contributed by atoms with Gasteiger partial charge < -0.3 is 9.30 Å². The maximum absolute atomic E-state index is 5.80. The van der Waals surface area contributed by atoms with Crippen LogP contribution in [0.1, 0.15) is 45.6 Å². The zero-order valence-electron chi connectivity index (χ0n) is 15.1. The fraction of sp³-hybridized carbons (Fsp3) is 0.579. The summed E-state index contributed by atoms with van der Waals surface area (Å²) in [5, 5.41) is 9.72. The first-order valence-electron chi connectivity index (χ1n) is 8.70. The third-order valence-electron chi connectivity index (χ3n) is 4.52. The van der Waals surface area contributed by atoms with Gasteiger partial charge in [-0.15, -0.1) is 10.2 Å². The Kier molecular flexibility index (Phi) is 5.30. The lowest BCUT2D eigenvalue weighted by atomic mass is 9.87. The average molecular weight is 346 g/mol. The maximum Gasteiger partial charge on any atom is 0.191 e. The Hall–Kier alpha value is -1.33. The highest BCUT2D eigenvalue weighted by Crippen LogP contribution is 2.28. The van der Waals surface area contributed by atoms with E-state index in [0.717, 1.165) is 35.3 Å². The number of benzene rings is 1. The first-order valence-corrected chi connectivity index (χ1v) is 9.68. The number of ether oxygens (including phenoxy) is 1. The highest BCUT2D eigenvalue weighted by Gasteiger charge is 2.18. The molecular formula is C19H27N3OS. The molecule has 0 radical (unpaired) electrons. The van der Waals surface area contributed by atoms with E-state index < -0.39 is 0 Å². The van der Waals surface area contributed by atoms with Crippen LogP contribution in [-0.2, 0) is 17.2 Å². The summed E-state index contributed by atoms with van der Waals surface area (Å²) in [7, 11) is 2.04. The van der Waals surface area contributed by atoms with E-state index in [-0.39, 0.29) is 5.41 Å². The lowest BCUT2D eigenvalue weighted by Crippen LogP contribution is -2.21. The van der Waals surface area contributed by atoms with Crippen molar-refractivity contribution >= 4 is 11.8 Å². The molecule has 0 saturated carbocycles. The van der Waals surface area contributed by atoms with Gasteiger partial charge in [-0.25, -0.2) is 0 Å². The van der Waals surface area contributed by atoms with Crippen molar-refractivity contribution in [1.82, 2.24) is 14.8 Å². The van der Waals surface area contributed by atoms with Gasteiger partial charge in [-0.3, -0.25) is 0 Å². The predicted molar refractivity (Wildman–Crippen MR) is 99.5 cm³/mol. The highest BCUT2D eigenvalue weighted by molar-refractivity contribution is 7.99. The van der Waals surface area contributed by atoms with Gasteiger partial charge in [0.2, 0.25) is 0 Å². The molecular weight excluding hydrogens is 318 g/mol. The largest absolute Gasteiger partial charge is 0.377 e. The van der Waals surface area contributed by atoms with Gasteiger partial charge >= 0.3 is 0 Å². The molecule has 1 fully saturated rings. The topological polar surface area (TPSA) is 39.9 Å². The van der Waals surface area contributed by atoms with Gasteiger partial charge in [-0.05, 0) is 30.2 Å². The van der Waals surface area contributed by atoms with Crippen LogP contribution in [0.25, 0.3) is 11.4 Å². The maximum atomic E-state index is 5.80. The quantitative estimate of drug-likeness (QED) is 0.768. The van der Waals surface area contributed by atoms with E-state index in [1.54, 1.807) is 11.8 Å². The van der Waals surface area contributed by atoms with Gasteiger partial charge in [-0.2, -0.15) is 0 Å². The van der Waals surface area contributed by atoms with Crippen molar-refractivity contribution in [3.8, 4) is 11.4 Å². The highest BCUT2D eigenvalue weighted by atomic mass is 32.2. The summed E-state index contributed by atoms with van der Waals surface area (Å²) < 4.78 is 7.88. The van der Waals surface area contributed by atoms with Crippen molar-refractivity contribution in [3.63, 3.8) is 0 Å². The van der Waals surface area contributed by atoms with Crippen molar-refractivity contribution in [1.29, 1.82) is 0 Å². The fourth-order valence-electron chi connectivity index (χ4n) is 2.92. The molecule has 0 bridgehead atoms. The van der Waals surface area contributed by atoms with Crippen LogP contribution in [0.5, 0.6) is 0 Å². The molecule has 5 heteroatoms. The molecule has 1 atom stereocenters. The summed E-state index contributed by atoms with van der Waals surface area (Å²) in [4.78, 5) is 0. The molecule has 1 aromatic carbocycles. The lowest BCUT2D eigenvalue weighted by Gasteiger charge is -2.21. The summed E-state index contributed by atoms with van der Waals surface area (Å²) in [6.45, 7) is 7.58. The predicted octanol–water partition coefficient (Wildman–Crippen LogP) is 4.44. The van der Waals surface area contributed by atoms with E-state index in [2.05, 4.69) is 59.8 Å². The van der Waals surface area contributed by atoms with Crippen LogP contribution in [0.15, 0.2) is 29.4 Å². The van der Waals surface area contributed by atoms with Crippen molar-refractivity contribution in [2.24, 2.45) is 7.05 Å². The first-order chi connectivity index (χ1) is 11.4. The van der Waals surface area contributed by atoms with Crippen LogP contribution in [-0.4, -0.2) is 33.2 Å². The number of aromatic nitrogens is 3. The summed E-state index contributed by atoms with van der Waals surface area (Å²) in [5.41, 5.74) is 2.61. The van der Waals surface area contributed by atoms with E-state index in [9.17, 15) is 0 Å². The molecule has 1 unspecified atom stereocenters. The SMILES string of the molecule is Cn1c(SCC2CCCCO2)nnc1-c1ccc(C(C)(C)C)cc1. The number of hydrogen-bond donors (Lipinski definition) is 0. The summed E-state index contributed by atoms with van der Waals surface area (Å²) in [6.07, 6.45) is 3.98. The zero-order valence-corrected chi connectivity index (χ0v) is 15.9. The van der Waals surface area contributed by atoms with E-state index in [1.165, 1.54) is 18.4 Å². The van der Waals surface area contributed by atoms with Crippen LogP contribution in [0, 0.1) is 0 Å². The Morgan fingerprint density at radius 1 is 1.17 bits per heavy atom. The molecule has 130 valence electrons. The first kappa shape index (κ1) is 17.5. The fourth-order valence-corrected chi connectivity index (χ4v) is 3.89. The number of thioether (sulfide) groups is 1. The third kappa shape index (κ3) is 4.01. The second-order valence-electron chi connectivity index (χ2n) is 7.49. The second kappa shape index (κ2) is 7.28. The Labute approximate surface area is 149 Å². The van der Waals surface area contributed by atoms with Gasteiger partial charge in [0, 0.05) is 25.0 Å². The standard InChI is InChI=1S/C19H27N3OS/c1-19(2,3)15-10-8-14(9-11-15)17-20-21-18(22(17)4)24-13-16-7-5-6-12-23-16/h8-11,16H,5-7,12-13H2,1-4H3. The van der Waals surface area contributed by atoms with Crippen LogP contribution < -0.4 is 0 Å². The summed E-state index contributed by atoms with van der Waals surface area (Å²) >= 11 is 1.74. The Morgan fingerprint density at radius 3 is 2.54 bits per heavy atom. The molecule has 0 N–H and O–H groups in total. The minimum atomic E-state index is 0.166. The van der Waals surface area contributed by atoms with Gasteiger partial charge in [0.1, 0.15) is 0 Å².